The molecule has 21 heavy (non-hydrogen) atoms. The number of hydrogen-bond acceptors (Lipinski definition) is 4. The van der Waals surface area contributed by atoms with E-state index in [1.54, 1.807) is 0 Å². The Hall–Kier alpha value is -2.60. The van der Waals surface area contributed by atoms with Gasteiger partial charge in [-0.3, -0.25) is 10.1 Å². The van der Waals surface area contributed by atoms with Crippen molar-refractivity contribution in [3.8, 4) is 5.88 Å². The molecule has 2 N–H and O–H groups in total. The number of halogens is 1. The first kappa shape index (κ1) is 14.8. The number of anilines is 1. The maximum Gasteiger partial charge on any atom is 0.409 e. The molecule has 0 atom stereocenters. The molecular weight excluding hydrogens is 296 g/mol. The molecule has 0 unspecified atom stereocenters. The van der Waals surface area contributed by atoms with Crippen molar-refractivity contribution >= 4 is 29.2 Å². The first-order valence-electron chi connectivity index (χ1n) is 5.86. The van der Waals surface area contributed by atoms with E-state index in [1.807, 2.05) is 0 Å². The first-order valence-corrected chi connectivity index (χ1v) is 6.24. The second-order valence-corrected chi connectivity index (χ2v) is 4.43. The summed E-state index contributed by atoms with van der Waals surface area (Å²) in [6.07, 6.45) is -1.17. The van der Waals surface area contributed by atoms with Crippen LogP contribution in [0.15, 0.2) is 36.4 Å². The highest BCUT2D eigenvalue weighted by atomic mass is 35.5. The maximum atomic E-state index is 12.3. The molecule has 1 aromatic heterocycles. The minimum Gasteiger partial charge on any atom is -0.480 e. The Morgan fingerprint density at radius 3 is 2.43 bits per heavy atom. The van der Waals surface area contributed by atoms with Crippen LogP contribution in [-0.4, -0.2) is 29.1 Å². The van der Waals surface area contributed by atoms with E-state index in [9.17, 15) is 9.59 Å². The summed E-state index contributed by atoms with van der Waals surface area (Å²) < 4.78 is 4.96. The SMILES string of the molecule is COc1nc(C(=O)c2ccc(NC(=O)O)cc2)ccc1Cl. The number of pyridine rings is 1. The van der Waals surface area contributed by atoms with Crippen LogP contribution < -0.4 is 10.1 Å². The summed E-state index contributed by atoms with van der Waals surface area (Å²) in [7, 11) is 1.41. The van der Waals surface area contributed by atoms with Crippen LogP contribution in [0.1, 0.15) is 16.1 Å². The van der Waals surface area contributed by atoms with Crippen molar-refractivity contribution in [1.29, 1.82) is 0 Å². The Balaban J connectivity index is 2.25. The van der Waals surface area contributed by atoms with Crippen molar-refractivity contribution < 1.29 is 19.4 Å². The molecule has 1 aromatic carbocycles. The van der Waals surface area contributed by atoms with E-state index in [1.165, 1.54) is 43.5 Å². The summed E-state index contributed by atoms with van der Waals surface area (Å²) in [6.45, 7) is 0. The topological polar surface area (TPSA) is 88.5 Å². The van der Waals surface area contributed by atoms with E-state index in [2.05, 4.69) is 10.3 Å². The molecule has 1 heterocycles. The Bertz CT molecular complexity index is 686. The smallest absolute Gasteiger partial charge is 0.409 e. The molecule has 0 aliphatic heterocycles. The van der Waals surface area contributed by atoms with Gasteiger partial charge in [-0.05, 0) is 36.4 Å². The molecule has 0 aliphatic carbocycles. The summed E-state index contributed by atoms with van der Waals surface area (Å²) in [5.74, 6) is -0.140. The van der Waals surface area contributed by atoms with Gasteiger partial charge >= 0.3 is 6.09 Å². The summed E-state index contributed by atoms with van der Waals surface area (Å²) in [4.78, 5) is 26.8. The lowest BCUT2D eigenvalue weighted by atomic mass is 10.1. The Morgan fingerprint density at radius 1 is 1.19 bits per heavy atom. The van der Waals surface area contributed by atoms with Crippen molar-refractivity contribution in [2.45, 2.75) is 0 Å². The zero-order valence-corrected chi connectivity index (χ0v) is 11.7. The number of ether oxygens (including phenoxy) is 1. The molecule has 7 heteroatoms. The van der Waals surface area contributed by atoms with Crippen LogP contribution in [0.5, 0.6) is 5.88 Å². The number of rotatable bonds is 4. The Labute approximate surface area is 125 Å². The van der Waals surface area contributed by atoms with Crippen LogP contribution in [0.25, 0.3) is 0 Å². The summed E-state index contributed by atoms with van der Waals surface area (Å²) in [6, 6.07) is 9.04. The van der Waals surface area contributed by atoms with Gasteiger partial charge in [0.25, 0.3) is 0 Å². The van der Waals surface area contributed by atoms with Crippen LogP contribution in [0.3, 0.4) is 0 Å². The van der Waals surface area contributed by atoms with Crippen molar-refractivity contribution in [2.24, 2.45) is 0 Å². The van der Waals surface area contributed by atoms with E-state index < -0.39 is 6.09 Å². The number of benzene rings is 1. The van der Waals surface area contributed by atoms with E-state index in [4.69, 9.17) is 21.4 Å². The summed E-state index contributed by atoms with van der Waals surface area (Å²) in [5, 5.41) is 11.1. The highest BCUT2D eigenvalue weighted by Crippen LogP contribution is 2.22. The second-order valence-electron chi connectivity index (χ2n) is 4.02. The van der Waals surface area contributed by atoms with Gasteiger partial charge in [0.15, 0.2) is 0 Å². The number of carbonyl (C=O) groups is 2. The van der Waals surface area contributed by atoms with Crippen molar-refractivity contribution in [2.75, 3.05) is 12.4 Å². The maximum absolute atomic E-state index is 12.3. The lowest BCUT2D eigenvalue weighted by Gasteiger charge is -2.06. The monoisotopic (exact) mass is 306 g/mol. The number of methoxy groups -OCH3 is 1. The van der Waals surface area contributed by atoms with Gasteiger partial charge < -0.3 is 9.84 Å². The van der Waals surface area contributed by atoms with Crippen molar-refractivity contribution in [3.05, 3.63) is 52.7 Å². The average molecular weight is 307 g/mol. The van der Waals surface area contributed by atoms with E-state index in [0.717, 1.165) is 0 Å². The highest BCUT2D eigenvalue weighted by Gasteiger charge is 2.13. The van der Waals surface area contributed by atoms with Crippen molar-refractivity contribution in [3.63, 3.8) is 0 Å². The van der Waals surface area contributed by atoms with Gasteiger partial charge in [-0.25, -0.2) is 9.78 Å². The molecule has 0 saturated carbocycles. The average Bonchev–Trinajstić information content (AvgIpc) is 2.47. The minimum atomic E-state index is -1.17. The van der Waals surface area contributed by atoms with Gasteiger partial charge in [-0.1, -0.05) is 11.6 Å². The molecule has 0 spiro atoms. The molecular formula is C14H11ClN2O4. The molecule has 0 saturated heterocycles. The standard InChI is InChI=1S/C14H11ClN2O4/c1-21-13-10(15)6-7-11(17-13)12(18)8-2-4-9(5-3-8)16-14(19)20/h2-7,16H,1H3,(H,19,20). The quantitative estimate of drug-likeness (QED) is 0.847. The van der Waals surface area contributed by atoms with Gasteiger partial charge in [-0.15, -0.1) is 0 Å². The Kier molecular flexibility index (Phi) is 4.39. The van der Waals surface area contributed by atoms with Gasteiger partial charge in [0.2, 0.25) is 11.7 Å². The van der Waals surface area contributed by atoms with Crippen LogP contribution in [0.2, 0.25) is 5.02 Å². The molecule has 6 nitrogen and oxygen atoms in total. The number of aromatic nitrogens is 1. The van der Waals surface area contributed by atoms with Crippen molar-refractivity contribution in [1.82, 2.24) is 4.98 Å². The number of nitrogens with one attached hydrogen (secondary N) is 1. The lowest BCUT2D eigenvalue weighted by molar-refractivity contribution is 0.103. The molecule has 0 radical (unpaired) electrons. The predicted molar refractivity (Wildman–Crippen MR) is 77.3 cm³/mol. The Morgan fingerprint density at radius 2 is 1.86 bits per heavy atom. The van der Waals surface area contributed by atoms with Crippen LogP contribution in [-0.2, 0) is 0 Å². The molecule has 1 amide bonds. The van der Waals surface area contributed by atoms with E-state index in [-0.39, 0.29) is 17.4 Å². The number of hydrogen-bond donors (Lipinski definition) is 2. The third-order valence-electron chi connectivity index (χ3n) is 2.64. The normalized spacial score (nSPS) is 10.0. The fraction of sp³-hybridized carbons (Fsp3) is 0.0714. The number of amides is 1. The number of nitrogens with zero attached hydrogens (tertiary/aromatic N) is 1. The number of ketones is 1. The number of carbonyl (C=O) groups excluding carboxylic acids is 1. The third kappa shape index (κ3) is 3.49. The first-order chi connectivity index (χ1) is 10.0. The zero-order valence-electron chi connectivity index (χ0n) is 11.0. The number of carboxylic acid groups (broad SMARTS) is 1. The predicted octanol–water partition coefficient (Wildman–Crippen LogP) is 3.06. The molecule has 2 rings (SSSR count). The summed E-state index contributed by atoms with van der Waals surface area (Å²) in [5.41, 5.74) is 0.943. The van der Waals surface area contributed by atoms with Gasteiger partial charge in [-0.2, -0.15) is 0 Å². The van der Waals surface area contributed by atoms with Gasteiger partial charge in [0, 0.05) is 11.3 Å². The van der Waals surface area contributed by atoms with E-state index in [0.29, 0.717) is 16.3 Å². The zero-order chi connectivity index (χ0) is 15.4. The van der Waals surface area contributed by atoms with Gasteiger partial charge in [0.05, 0.1) is 7.11 Å². The fourth-order valence-electron chi connectivity index (χ4n) is 1.67. The highest BCUT2D eigenvalue weighted by molar-refractivity contribution is 6.32. The largest absolute Gasteiger partial charge is 0.480 e. The summed E-state index contributed by atoms with van der Waals surface area (Å²) >= 11 is 5.85. The van der Waals surface area contributed by atoms with Crippen LogP contribution in [0, 0.1) is 0 Å². The minimum absolute atomic E-state index is 0.173. The molecule has 0 bridgehead atoms. The molecule has 108 valence electrons. The molecule has 0 aliphatic rings. The van der Waals surface area contributed by atoms with Crippen LogP contribution >= 0.6 is 11.6 Å². The second kappa shape index (κ2) is 6.23. The fourth-order valence-corrected chi connectivity index (χ4v) is 1.85. The van der Waals surface area contributed by atoms with Crippen LogP contribution in [0.4, 0.5) is 10.5 Å². The molecule has 0 fully saturated rings. The van der Waals surface area contributed by atoms with Gasteiger partial charge in [0.1, 0.15) is 10.7 Å². The lowest BCUT2D eigenvalue weighted by Crippen LogP contribution is -2.08. The molecule has 2 aromatic rings. The third-order valence-corrected chi connectivity index (χ3v) is 2.93. The van der Waals surface area contributed by atoms with E-state index >= 15 is 0 Å².